The van der Waals surface area contributed by atoms with Gasteiger partial charge in [0, 0.05) is 0 Å². The molecule has 1 nitrogen and oxygen atoms in total. The Bertz CT molecular complexity index is 162. The van der Waals surface area contributed by atoms with Crippen LogP contribution in [-0.4, -0.2) is 11.2 Å². The Morgan fingerprint density at radius 1 is 1.18 bits per heavy atom. The molecule has 1 aliphatic carbocycles. The lowest BCUT2D eigenvalue weighted by atomic mass is 9.81. The third kappa shape index (κ3) is 2.72. The van der Waals surface area contributed by atoms with Crippen molar-refractivity contribution in [2.45, 2.75) is 39.2 Å². The molecule has 0 amide bonds. The first-order valence-corrected chi connectivity index (χ1v) is 4.70. The summed E-state index contributed by atoms with van der Waals surface area (Å²) in [6.07, 6.45) is 3.76. The van der Waals surface area contributed by atoms with E-state index in [0.29, 0.717) is 6.04 Å². The van der Waals surface area contributed by atoms with E-state index < -0.39 is 0 Å². The van der Waals surface area contributed by atoms with Crippen LogP contribution in [0.15, 0.2) is 4.99 Å². The largest absolute Gasteiger partial charge is 0.229 e. The van der Waals surface area contributed by atoms with Crippen LogP contribution in [0.25, 0.3) is 0 Å². The molecule has 1 rings (SSSR count). The maximum Gasteiger partial charge on any atom is 0.0607 e. The molecule has 0 saturated heterocycles. The van der Waals surface area contributed by atoms with Crippen LogP contribution in [0.2, 0.25) is 0 Å². The summed E-state index contributed by atoms with van der Waals surface area (Å²) >= 11 is 4.59. The lowest BCUT2D eigenvalue weighted by molar-refractivity contribution is 0.271. The molecule has 0 aromatic heterocycles. The van der Waals surface area contributed by atoms with Crippen molar-refractivity contribution in [3.63, 3.8) is 0 Å². The smallest absolute Gasteiger partial charge is 0.0607 e. The highest BCUT2D eigenvalue weighted by Crippen LogP contribution is 2.29. The topological polar surface area (TPSA) is 12.4 Å². The molecular weight excluding hydrogens is 154 g/mol. The van der Waals surface area contributed by atoms with E-state index in [2.05, 4.69) is 36.2 Å². The second-order valence-electron chi connectivity index (χ2n) is 3.79. The van der Waals surface area contributed by atoms with Crippen LogP contribution in [0.3, 0.4) is 0 Å². The molecule has 1 fully saturated rings. The summed E-state index contributed by atoms with van der Waals surface area (Å²) < 4.78 is 0. The molecule has 2 heteroatoms. The Morgan fingerprint density at radius 2 is 1.73 bits per heavy atom. The fourth-order valence-electron chi connectivity index (χ4n) is 2.08. The van der Waals surface area contributed by atoms with E-state index in [-0.39, 0.29) is 0 Å². The third-order valence-electron chi connectivity index (χ3n) is 2.39. The molecule has 0 bridgehead atoms. The first-order valence-electron chi connectivity index (χ1n) is 4.29. The van der Waals surface area contributed by atoms with Crippen LogP contribution < -0.4 is 0 Å². The summed E-state index contributed by atoms with van der Waals surface area (Å²) in [4.78, 5) is 4.15. The van der Waals surface area contributed by atoms with Gasteiger partial charge >= 0.3 is 0 Å². The zero-order valence-electron chi connectivity index (χ0n) is 7.21. The second-order valence-corrected chi connectivity index (χ2v) is 3.97. The fraction of sp³-hybridized carbons (Fsp3) is 0.889. The summed E-state index contributed by atoms with van der Waals surface area (Å²) in [6, 6.07) is 0.464. The number of thiocarbonyl (C=S) groups is 1. The summed E-state index contributed by atoms with van der Waals surface area (Å²) in [5.41, 5.74) is 0. The molecule has 0 aromatic rings. The predicted octanol–water partition coefficient (Wildman–Crippen LogP) is 2.91. The van der Waals surface area contributed by atoms with Crippen molar-refractivity contribution in [2.24, 2.45) is 16.8 Å². The van der Waals surface area contributed by atoms with Gasteiger partial charge in [0.25, 0.3) is 0 Å². The molecule has 1 aliphatic rings. The number of aliphatic imine (C=N–C) groups is 1. The van der Waals surface area contributed by atoms with E-state index in [0.717, 1.165) is 11.8 Å². The third-order valence-corrected chi connectivity index (χ3v) is 2.49. The van der Waals surface area contributed by atoms with Crippen LogP contribution in [0.1, 0.15) is 33.1 Å². The number of hydrogen-bond donors (Lipinski definition) is 0. The second kappa shape index (κ2) is 3.99. The van der Waals surface area contributed by atoms with E-state index in [9.17, 15) is 0 Å². The van der Waals surface area contributed by atoms with Crippen molar-refractivity contribution < 1.29 is 0 Å². The Labute approximate surface area is 73.9 Å². The van der Waals surface area contributed by atoms with Gasteiger partial charge in [-0.3, -0.25) is 0 Å². The van der Waals surface area contributed by atoms with Gasteiger partial charge in [0.15, 0.2) is 0 Å². The number of hydrogen-bond acceptors (Lipinski definition) is 2. The van der Waals surface area contributed by atoms with Gasteiger partial charge in [-0.2, -0.15) is 0 Å². The van der Waals surface area contributed by atoms with Crippen molar-refractivity contribution in [2.75, 3.05) is 0 Å². The van der Waals surface area contributed by atoms with Gasteiger partial charge in [-0.25, -0.2) is 4.99 Å². The summed E-state index contributed by atoms with van der Waals surface area (Å²) in [6.45, 7) is 4.59. The Balaban J connectivity index is 2.49. The molecule has 0 radical (unpaired) electrons. The molecule has 1 saturated carbocycles. The minimum atomic E-state index is 0.464. The molecule has 0 aliphatic heterocycles. The molecule has 2 atom stereocenters. The quantitative estimate of drug-likeness (QED) is 0.434. The Kier molecular flexibility index (Phi) is 3.22. The van der Waals surface area contributed by atoms with Crippen molar-refractivity contribution >= 4 is 17.4 Å². The van der Waals surface area contributed by atoms with E-state index in [1.54, 1.807) is 0 Å². The normalized spacial score (nSPS) is 37.8. The zero-order chi connectivity index (χ0) is 8.27. The Hall–Kier alpha value is -0.200. The zero-order valence-corrected chi connectivity index (χ0v) is 8.03. The lowest BCUT2D eigenvalue weighted by Crippen LogP contribution is -2.21. The summed E-state index contributed by atoms with van der Waals surface area (Å²) in [5.74, 6) is 1.63. The van der Waals surface area contributed by atoms with Gasteiger partial charge in [-0.15, -0.1) is 0 Å². The van der Waals surface area contributed by atoms with Gasteiger partial charge in [-0.1, -0.05) is 13.8 Å². The predicted molar refractivity (Wildman–Crippen MR) is 51.0 cm³/mol. The van der Waals surface area contributed by atoms with Crippen molar-refractivity contribution in [1.29, 1.82) is 0 Å². The average Bonchev–Trinajstić information content (AvgIpc) is 1.85. The fourth-order valence-corrected chi connectivity index (χ4v) is 2.23. The van der Waals surface area contributed by atoms with E-state index >= 15 is 0 Å². The molecular formula is C9H15NS. The van der Waals surface area contributed by atoms with Crippen LogP contribution in [-0.2, 0) is 0 Å². The maximum atomic E-state index is 4.59. The molecule has 2 unspecified atom stereocenters. The van der Waals surface area contributed by atoms with Gasteiger partial charge in [0.1, 0.15) is 0 Å². The monoisotopic (exact) mass is 169 g/mol. The van der Waals surface area contributed by atoms with Crippen molar-refractivity contribution in [3.8, 4) is 0 Å². The minimum Gasteiger partial charge on any atom is -0.229 e. The highest BCUT2D eigenvalue weighted by molar-refractivity contribution is 7.78. The molecule has 0 heterocycles. The first-order chi connectivity index (χ1) is 5.22. The Morgan fingerprint density at radius 3 is 2.18 bits per heavy atom. The van der Waals surface area contributed by atoms with Crippen LogP contribution in [0.5, 0.6) is 0 Å². The van der Waals surface area contributed by atoms with Gasteiger partial charge < -0.3 is 0 Å². The number of nitrogens with zero attached hydrogens (tertiary/aromatic N) is 1. The van der Waals surface area contributed by atoms with Gasteiger partial charge in [0.05, 0.1) is 11.2 Å². The highest BCUT2D eigenvalue weighted by atomic mass is 32.1. The van der Waals surface area contributed by atoms with Crippen LogP contribution >= 0.6 is 12.2 Å². The number of rotatable bonds is 1. The van der Waals surface area contributed by atoms with Gasteiger partial charge in [0.2, 0.25) is 0 Å². The molecule has 11 heavy (non-hydrogen) atoms. The van der Waals surface area contributed by atoms with Crippen LogP contribution in [0, 0.1) is 11.8 Å². The van der Waals surface area contributed by atoms with E-state index in [4.69, 9.17) is 0 Å². The van der Waals surface area contributed by atoms with Gasteiger partial charge in [-0.05, 0) is 43.3 Å². The molecule has 62 valence electrons. The summed E-state index contributed by atoms with van der Waals surface area (Å²) in [7, 11) is 0. The van der Waals surface area contributed by atoms with Crippen molar-refractivity contribution in [3.05, 3.63) is 0 Å². The van der Waals surface area contributed by atoms with E-state index in [1.807, 2.05) is 0 Å². The van der Waals surface area contributed by atoms with E-state index in [1.165, 1.54) is 19.3 Å². The lowest BCUT2D eigenvalue weighted by Gasteiger charge is -2.28. The molecule has 0 aromatic carbocycles. The maximum absolute atomic E-state index is 4.59. The molecule has 0 N–H and O–H groups in total. The van der Waals surface area contributed by atoms with Crippen molar-refractivity contribution in [1.82, 2.24) is 0 Å². The first kappa shape index (κ1) is 8.89. The molecule has 0 spiro atoms. The standard InChI is InChI=1S/C9H15NS/c1-7-3-8(2)5-9(4-7)10-6-11/h7-9H,3-5H2,1-2H3. The minimum absolute atomic E-state index is 0.464. The van der Waals surface area contributed by atoms with Crippen LogP contribution in [0.4, 0.5) is 0 Å². The number of isothiocyanates is 1. The SMILES string of the molecule is CC1CC(C)CC(N=C=S)C1. The highest BCUT2D eigenvalue weighted by Gasteiger charge is 2.22. The summed E-state index contributed by atoms with van der Waals surface area (Å²) in [5, 5.41) is 2.49. The average molecular weight is 169 g/mol.